The van der Waals surface area contributed by atoms with Crippen LogP contribution in [0.2, 0.25) is 0 Å². The number of aromatic nitrogens is 2. The second kappa shape index (κ2) is 7.60. The van der Waals surface area contributed by atoms with E-state index >= 15 is 0 Å². The Morgan fingerprint density at radius 1 is 1.40 bits per heavy atom. The first-order chi connectivity index (χ1) is 12.1. The number of hydrogen-bond acceptors (Lipinski definition) is 5. The Kier molecular flexibility index (Phi) is 5.28. The molecule has 7 nitrogen and oxygen atoms in total. The van der Waals surface area contributed by atoms with Crippen LogP contribution in [0, 0.1) is 12.8 Å². The molecule has 1 unspecified atom stereocenters. The second-order valence-corrected chi connectivity index (χ2v) is 6.89. The highest BCUT2D eigenvalue weighted by Crippen LogP contribution is 2.26. The van der Waals surface area contributed by atoms with Crippen LogP contribution in [0.1, 0.15) is 18.5 Å². The second-order valence-electron chi connectivity index (χ2n) is 6.02. The van der Waals surface area contributed by atoms with Gasteiger partial charge in [0.1, 0.15) is 0 Å². The summed E-state index contributed by atoms with van der Waals surface area (Å²) < 4.78 is 1.69. The molecule has 0 spiro atoms. The molecular weight excluding hydrogens is 340 g/mol. The summed E-state index contributed by atoms with van der Waals surface area (Å²) in [4.78, 5) is 41.8. The minimum Gasteiger partial charge on any atom is -0.356 e. The maximum atomic E-state index is 12.3. The molecule has 0 saturated carbocycles. The fraction of sp³-hybridized carbons (Fsp3) is 0.412. The molecule has 3 rings (SSSR count). The van der Waals surface area contributed by atoms with E-state index in [0.717, 1.165) is 5.69 Å². The topological polar surface area (TPSA) is 84.3 Å². The van der Waals surface area contributed by atoms with E-state index in [0.29, 0.717) is 31.2 Å². The molecule has 0 bridgehead atoms. The number of pyridine rings is 1. The van der Waals surface area contributed by atoms with Gasteiger partial charge in [-0.1, -0.05) is 6.07 Å². The lowest BCUT2D eigenvalue weighted by atomic mass is 10.1. The Morgan fingerprint density at radius 3 is 2.96 bits per heavy atom. The first kappa shape index (κ1) is 17.3. The Morgan fingerprint density at radius 2 is 2.24 bits per heavy atom. The molecule has 132 valence electrons. The first-order valence-electron chi connectivity index (χ1n) is 8.20. The maximum absolute atomic E-state index is 12.3. The van der Waals surface area contributed by atoms with E-state index < -0.39 is 0 Å². The number of amides is 2. The van der Waals surface area contributed by atoms with Gasteiger partial charge < -0.3 is 9.88 Å². The quantitative estimate of drug-likeness (QED) is 0.784. The van der Waals surface area contributed by atoms with Crippen LogP contribution in [0.25, 0.3) is 0 Å². The number of carbonyl (C=O) groups excluding carboxylic acids is 2. The molecule has 3 heterocycles. The highest BCUT2D eigenvalue weighted by Gasteiger charge is 2.35. The fourth-order valence-electron chi connectivity index (χ4n) is 2.92. The number of nitrogens with one attached hydrogen (secondary N) is 1. The lowest BCUT2D eigenvalue weighted by Crippen LogP contribution is -2.34. The molecule has 8 heteroatoms. The van der Waals surface area contributed by atoms with E-state index in [4.69, 9.17) is 0 Å². The van der Waals surface area contributed by atoms with Crippen molar-refractivity contribution in [2.24, 2.45) is 5.92 Å². The number of nitrogens with zero attached hydrogens (tertiary/aromatic N) is 3. The minimum absolute atomic E-state index is 0.0354. The van der Waals surface area contributed by atoms with Crippen LogP contribution < -0.4 is 15.8 Å². The van der Waals surface area contributed by atoms with Crippen LogP contribution in [-0.2, 0) is 16.1 Å². The molecule has 1 aliphatic rings. The summed E-state index contributed by atoms with van der Waals surface area (Å²) in [5.41, 5.74) is 0.867. The van der Waals surface area contributed by atoms with Gasteiger partial charge in [0.25, 0.3) is 5.56 Å². The Balaban J connectivity index is 1.47. The Bertz CT molecular complexity index is 816. The highest BCUT2D eigenvalue weighted by atomic mass is 32.1. The predicted octanol–water partition coefficient (Wildman–Crippen LogP) is 1.17. The van der Waals surface area contributed by atoms with Crippen LogP contribution in [0.15, 0.2) is 34.6 Å². The summed E-state index contributed by atoms with van der Waals surface area (Å²) in [6.45, 7) is 3.29. The van der Waals surface area contributed by atoms with E-state index in [2.05, 4.69) is 10.3 Å². The summed E-state index contributed by atoms with van der Waals surface area (Å²) in [5, 5.41) is 5.32. The maximum Gasteiger partial charge on any atom is 0.250 e. The number of hydrogen-bond donors (Lipinski definition) is 1. The minimum atomic E-state index is -0.349. The van der Waals surface area contributed by atoms with Crippen LogP contribution in [-0.4, -0.2) is 34.5 Å². The van der Waals surface area contributed by atoms with Crippen molar-refractivity contribution < 1.29 is 9.59 Å². The van der Waals surface area contributed by atoms with Crippen molar-refractivity contribution in [3.63, 3.8) is 0 Å². The van der Waals surface area contributed by atoms with Crippen molar-refractivity contribution in [2.75, 3.05) is 18.0 Å². The van der Waals surface area contributed by atoms with Crippen molar-refractivity contribution in [3.8, 4) is 0 Å². The van der Waals surface area contributed by atoms with Crippen LogP contribution in [0.3, 0.4) is 0 Å². The number of carbonyl (C=O) groups is 2. The number of thiazole rings is 1. The highest BCUT2D eigenvalue weighted by molar-refractivity contribution is 7.13. The summed E-state index contributed by atoms with van der Waals surface area (Å²) in [5.74, 6) is -0.538. The van der Waals surface area contributed by atoms with Crippen molar-refractivity contribution >= 4 is 28.3 Å². The molecule has 2 aromatic heterocycles. The van der Waals surface area contributed by atoms with Gasteiger partial charge in [-0.15, -0.1) is 11.3 Å². The SMILES string of the molecule is Cc1cccc(=O)n1CCCNC(=O)C1CC(=O)N(c2nccs2)C1. The smallest absolute Gasteiger partial charge is 0.250 e. The van der Waals surface area contributed by atoms with Crippen molar-refractivity contribution in [2.45, 2.75) is 26.3 Å². The summed E-state index contributed by atoms with van der Waals surface area (Å²) in [6, 6.07) is 5.15. The van der Waals surface area contributed by atoms with Crippen molar-refractivity contribution in [1.82, 2.24) is 14.9 Å². The van der Waals surface area contributed by atoms with Crippen molar-refractivity contribution in [3.05, 3.63) is 45.8 Å². The zero-order valence-corrected chi connectivity index (χ0v) is 14.8. The molecular formula is C17H20N4O3S. The number of rotatable bonds is 6. The Hall–Kier alpha value is -2.48. The number of anilines is 1. The van der Waals surface area contributed by atoms with Crippen LogP contribution in [0.4, 0.5) is 5.13 Å². The lowest BCUT2D eigenvalue weighted by Gasteiger charge is -2.13. The third kappa shape index (κ3) is 3.96. The number of aryl methyl sites for hydroxylation is 1. The van der Waals surface area contributed by atoms with Gasteiger partial charge in [0.05, 0.1) is 5.92 Å². The molecule has 0 aromatic carbocycles. The standard InChI is InChI=1S/C17H20N4O3S/c1-12-4-2-5-14(22)20(12)8-3-6-18-16(24)13-10-15(23)21(11-13)17-19-7-9-25-17/h2,4-5,7,9,13H,3,6,8,10-11H2,1H3,(H,18,24). The Labute approximate surface area is 149 Å². The average Bonchev–Trinajstić information content (AvgIpc) is 3.22. The zero-order valence-electron chi connectivity index (χ0n) is 14.0. The molecule has 1 fully saturated rings. The van der Waals surface area contributed by atoms with E-state index in [9.17, 15) is 14.4 Å². The normalized spacial score (nSPS) is 17.1. The van der Waals surface area contributed by atoms with E-state index in [1.165, 1.54) is 17.4 Å². The molecule has 1 saturated heterocycles. The van der Waals surface area contributed by atoms with Crippen LogP contribution >= 0.6 is 11.3 Å². The molecule has 25 heavy (non-hydrogen) atoms. The van der Waals surface area contributed by atoms with E-state index in [1.54, 1.807) is 21.7 Å². The van der Waals surface area contributed by atoms with E-state index in [-0.39, 0.29) is 29.7 Å². The van der Waals surface area contributed by atoms with Gasteiger partial charge in [-0.3, -0.25) is 19.3 Å². The molecule has 1 atom stereocenters. The van der Waals surface area contributed by atoms with Gasteiger partial charge in [-0.05, 0) is 19.4 Å². The molecule has 2 amide bonds. The third-order valence-electron chi connectivity index (χ3n) is 4.27. The summed E-state index contributed by atoms with van der Waals surface area (Å²) in [6.07, 6.45) is 2.52. The van der Waals surface area contributed by atoms with Gasteiger partial charge in [0.15, 0.2) is 5.13 Å². The molecule has 1 N–H and O–H groups in total. The molecule has 0 radical (unpaired) electrons. The van der Waals surface area contributed by atoms with Crippen LogP contribution in [0.5, 0.6) is 0 Å². The fourth-order valence-corrected chi connectivity index (χ4v) is 3.59. The largest absolute Gasteiger partial charge is 0.356 e. The molecule has 2 aromatic rings. The van der Waals surface area contributed by atoms with Gasteiger partial charge in [-0.25, -0.2) is 4.98 Å². The summed E-state index contributed by atoms with van der Waals surface area (Å²) >= 11 is 1.39. The average molecular weight is 360 g/mol. The van der Waals surface area contributed by atoms with Gasteiger partial charge in [0.2, 0.25) is 11.8 Å². The lowest BCUT2D eigenvalue weighted by molar-refractivity contribution is -0.126. The third-order valence-corrected chi connectivity index (χ3v) is 5.07. The van der Waals surface area contributed by atoms with Gasteiger partial charge in [0, 0.05) is 49.4 Å². The monoisotopic (exact) mass is 360 g/mol. The van der Waals surface area contributed by atoms with Crippen molar-refractivity contribution in [1.29, 1.82) is 0 Å². The van der Waals surface area contributed by atoms with E-state index in [1.807, 2.05) is 18.4 Å². The predicted molar refractivity (Wildman–Crippen MR) is 95.6 cm³/mol. The molecule has 0 aliphatic carbocycles. The van der Waals surface area contributed by atoms with Gasteiger partial charge >= 0.3 is 0 Å². The van der Waals surface area contributed by atoms with Gasteiger partial charge in [-0.2, -0.15) is 0 Å². The summed E-state index contributed by atoms with van der Waals surface area (Å²) in [7, 11) is 0. The molecule has 1 aliphatic heterocycles. The first-order valence-corrected chi connectivity index (χ1v) is 9.08. The zero-order chi connectivity index (χ0) is 17.8.